The number of rotatable bonds is 2. The van der Waals surface area contributed by atoms with Crippen LogP contribution in [0.2, 0.25) is 0 Å². The van der Waals surface area contributed by atoms with Crippen LogP contribution in [0.5, 0.6) is 0 Å². The average Bonchev–Trinajstić information content (AvgIpc) is 2.14. The molecule has 0 aromatic heterocycles. The predicted octanol–water partition coefficient (Wildman–Crippen LogP) is 1.42. The number of carbonyl (C=O) groups is 1. The van der Waals surface area contributed by atoms with Crippen molar-refractivity contribution in [2.45, 2.75) is 58.3 Å². The van der Waals surface area contributed by atoms with Crippen molar-refractivity contribution in [3.05, 3.63) is 0 Å². The number of esters is 1. The molecule has 0 saturated carbocycles. The fourth-order valence-electron chi connectivity index (χ4n) is 2.31. The van der Waals surface area contributed by atoms with Crippen LogP contribution in [-0.4, -0.2) is 47.3 Å². The van der Waals surface area contributed by atoms with Crippen LogP contribution < -0.4 is 0 Å². The fourth-order valence-corrected chi connectivity index (χ4v) is 2.31. The van der Waals surface area contributed by atoms with E-state index >= 15 is 0 Å². The molecule has 0 bridgehead atoms. The number of carbonyl (C=O) groups excluding carboxylic acids is 1. The van der Waals surface area contributed by atoms with Crippen molar-refractivity contribution < 1.29 is 14.6 Å². The highest BCUT2D eigenvalue weighted by Crippen LogP contribution is 2.26. The number of β-amino-alcohol motifs (C(OH)–C–C–N with tert-alkyl or cyclic N) is 1. The Morgan fingerprint density at radius 3 is 2.53 bits per heavy atom. The van der Waals surface area contributed by atoms with Gasteiger partial charge in [0.1, 0.15) is 5.60 Å². The minimum atomic E-state index is -0.613. The molecule has 17 heavy (non-hydrogen) atoms. The van der Waals surface area contributed by atoms with Gasteiger partial charge in [-0.3, -0.25) is 4.79 Å². The molecule has 1 saturated heterocycles. The molecule has 1 rings (SSSR count). The summed E-state index contributed by atoms with van der Waals surface area (Å²) < 4.78 is 5.36. The number of likely N-dealkylation sites (N-methyl/N-ethyl adjacent to an activating group) is 1. The summed E-state index contributed by atoms with van der Waals surface area (Å²) in [6.07, 6.45) is 1.06. The molecule has 0 spiro atoms. The maximum atomic E-state index is 12.0. The van der Waals surface area contributed by atoms with E-state index in [1.807, 2.05) is 27.8 Å². The maximum Gasteiger partial charge on any atom is 0.312 e. The van der Waals surface area contributed by atoms with E-state index in [2.05, 4.69) is 11.8 Å². The topological polar surface area (TPSA) is 49.8 Å². The molecule has 0 radical (unpaired) electrons. The minimum absolute atomic E-state index is 0.267. The molecule has 1 aliphatic rings. The van der Waals surface area contributed by atoms with Gasteiger partial charge in [-0.1, -0.05) is 6.92 Å². The quantitative estimate of drug-likeness (QED) is 0.745. The van der Waals surface area contributed by atoms with E-state index in [9.17, 15) is 9.90 Å². The van der Waals surface area contributed by atoms with Crippen molar-refractivity contribution in [2.24, 2.45) is 5.92 Å². The average molecular weight is 243 g/mol. The van der Waals surface area contributed by atoms with Crippen molar-refractivity contribution in [3.63, 3.8) is 0 Å². The van der Waals surface area contributed by atoms with E-state index < -0.39 is 11.7 Å². The second-order valence-electron chi connectivity index (χ2n) is 5.94. The van der Waals surface area contributed by atoms with Gasteiger partial charge >= 0.3 is 5.97 Å². The number of aliphatic hydroxyl groups excluding tert-OH is 1. The van der Waals surface area contributed by atoms with E-state index in [0.717, 1.165) is 6.42 Å². The number of piperidine rings is 1. The monoisotopic (exact) mass is 243 g/mol. The number of ether oxygens (including phenoxy) is 1. The molecule has 1 heterocycles. The van der Waals surface area contributed by atoms with Gasteiger partial charge in [-0.15, -0.1) is 0 Å². The van der Waals surface area contributed by atoms with Crippen LogP contribution in [0, 0.1) is 5.92 Å². The molecule has 3 atom stereocenters. The molecule has 0 amide bonds. The molecule has 2 unspecified atom stereocenters. The third-order valence-electron chi connectivity index (χ3n) is 3.27. The lowest BCUT2D eigenvalue weighted by molar-refractivity contribution is -0.168. The lowest BCUT2D eigenvalue weighted by Gasteiger charge is -2.39. The molecule has 4 heteroatoms. The number of hydrogen-bond donors (Lipinski definition) is 1. The van der Waals surface area contributed by atoms with E-state index in [1.54, 1.807) is 0 Å². The van der Waals surface area contributed by atoms with Crippen LogP contribution in [0.15, 0.2) is 0 Å². The second kappa shape index (κ2) is 5.36. The fraction of sp³-hybridized carbons (Fsp3) is 0.923. The Bertz CT molecular complexity index is 272. The highest BCUT2D eigenvalue weighted by atomic mass is 16.6. The molecule has 100 valence electrons. The summed E-state index contributed by atoms with van der Waals surface area (Å²) in [6, 6.07) is 0.357. The summed E-state index contributed by atoms with van der Waals surface area (Å²) in [5, 5.41) is 9.98. The highest BCUT2D eigenvalue weighted by Gasteiger charge is 2.38. The van der Waals surface area contributed by atoms with Crippen LogP contribution in [0.3, 0.4) is 0 Å². The molecule has 1 aliphatic heterocycles. The Kier molecular flexibility index (Phi) is 4.55. The van der Waals surface area contributed by atoms with Gasteiger partial charge in [0, 0.05) is 12.6 Å². The Morgan fingerprint density at radius 2 is 2.06 bits per heavy atom. The van der Waals surface area contributed by atoms with Gasteiger partial charge < -0.3 is 14.7 Å². The van der Waals surface area contributed by atoms with Gasteiger partial charge in [0.05, 0.1) is 12.0 Å². The summed E-state index contributed by atoms with van der Waals surface area (Å²) in [6.45, 7) is 8.20. The summed E-state index contributed by atoms with van der Waals surface area (Å²) in [5.41, 5.74) is -0.484. The molecule has 4 nitrogen and oxygen atoms in total. The van der Waals surface area contributed by atoms with E-state index in [1.165, 1.54) is 0 Å². The van der Waals surface area contributed by atoms with Gasteiger partial charge in [0.25, 0.3) is 0 Å². The standard InChI is InChI=1S/C13H25NO3/c1-6-9-7-10(11(15)8-14(9)5)12(16)17-13(2,3)4/h9-11,15H,6-8H2,1-5H3/t9-,10?,11?/m1/s1. The Labute approximate surface area is 104 Å². The van der Waals surface area contributed by atoms with Crippen LogP contribution >= 0.6 is 0 Å². The van der Waals surface area contributed by atoms with E-state index in [0.29, 0.717) is 19.0 Å². The van der Waals surface area contributed by atoms with Crippen molar-refractivity contribution in [2.75, 3.05) is 13.6 Å². The van der Waals surface area contributed by atoms with Crippen molar-refractivity contribution in [1.82, 2.24) is 4.90 Å². The van der Waals surface area contributed by atoms with Crippen molar-refractivity contribution in [1.29, 1.82) is 0 Å². The summed E-state index contributed by atoms with van der Waals surface area (Å²) in [5.74, 6) is -0.646. The van der Waals surface area contributed by atoms with E-state index in [4.69, 9.17) is 4.74 Å². The minimum Gasteiger partial charge on any atom is -0.460 e. The van der Waals surface area contributed by atoms with Gasteiger partial charge in [0.2, 0.25) is 0 Å². The largest absolute Gasteiger partial charge is 0.460 e. The van der Waals surface area contributed by atoms with Gasteiger partial charge in [0.15, 0.2) is 0 Å². The highest BCUT2D eigenvalue weighted by molar-refractivity contribution is 5.73. The van der Waals surface area contributed by atoms with Gasteiger partial charge in [-0.25, -0.2) is 0 Å². The van der Waals surface area contributed by atoms with Crippen LogP contribution in [-0.2, 0) is 9.53 Å². The smallest absolute Gasteiger partial charge is 0.312 e. The van der Waals surface area contributed by atoms with Gasteiger partial charge in [-0.05, 0) is 40.7 Å². The Hall–Kier alpha value is -0.610. The third kappa shape index (κ3) is 3.96. The molecule has 0 aromatic rings. The van der Waals surface area contributed by atoms with Crippen LogP contribution in [0.1, 0.15) is 40.5 Å². The summed E-state index contributed by atoms with van der Waals surface area (Å²) >= 11 is 0. The first-order valence-electron chi connectivity index (χ1n) is 6.35. The molecule has 0 aromatic carbocycles. The molecule has 1 N–H and O–H groups in total. The van der Waals surface area contributed by atoms with Crippen molar-refractivity contribution >= 4 is 5.97 Å². The normalized spacial score (nSPS) is 31.3. The molecular weight excluding hydrogens is 218 g/mol. The number of likely N-dealkylation sites (tertiary alicyclic amines) is 1. The Morgan fingerprint density at radius 1 is 1.47 bits per heavy atom. The molecule has 1 fully saturated rings. The second-order valence-corrected chi connectivity index (χ2v) is 5.94. The predicted molar refractivity (Wildman–Crippen MR) is 66.7 cm³/mol. The lowest BCUT2D eigenvalue weighted by atomic mass is 9.87. The first-order chi connectivity index (χ1) is 7.74. The zero-order chi connectivity index (χ0) is 13.2. The number of aliphatic hydroxyl groups is 1. The zero-order valence-electron chi connectivity index (χ0n) is 11.6. The summed E-state index contributed by atoms with van der Waals surface area (Å²) in [7, 11) is 1.99. The third-order valence-corrected chi connectivity index (χ3v) is 3.27. The first kappa shape index (κ1) is 14.5. The number of hydrogen-bond acceptors (Lipinski definition) is 4. The van der Waals surface area contributed by atoms with Gasteiger partial charge in [-0.2, -0.15) is 0 Å². The number of nitrogens with zero attached hydrogens (tertiary/aromatic N) is 1. The van der Waals surface area contributed by atoms with Crippen molar-refractivity contribution in [3.8, 4) is 0 Å². The lowest BCUT2D eigenvalue weighted by Crippen LogP contribution is -2.51. The maximum absolute atomic E-state index is 12.0. The molecule has 0 aliphatic carbocycles. The summed E-state index contributed by atoms with van der Waals surface area (Å²) in [4.78, 5) is 14.1. The Balaban J connectivity index is 2.66. The zero-order valence-corrected chi connectivity index (χ0v) is 11.6. The van der Waals surface area contributed by atoms with Crippen LogP contribution in [0.25, 0.3) is 0 Å². The van der Waals surface area contributed by atoms with E-state index in [-0.39, 0.29) is 11.9 Å². The van der Waals surface area contributed by atoms with Crippen LogP contribution in [0.4, 0.5) is 0 Å². The first-order valence-corrected chi connectivity index (χ1v) is 6.35. The molecular formula is C13H25NO3. The SMILES string of the molecule is CC[C@@H]1CC(C(=O)OC(C)(C)C)C(O)CN1C.